The molecule has 1 N–H and O–H groups in total. The highest BCUT2D eigenvalue weighted by Crippen LogP contribution is 2.03. The number of hydrogen-bond donors (Lipinski definition) is 1. The van der Waals surface area contributed by atoms with E-state index in [2.05, 4.69) is 16.6 Å². The molecule has 11 heavy (non-hydrogen) atoms. The summed E-state index contributed by atoms with van der Waals surface area (Å²) in [6.45, 7) is 3.96. The van der Waals surface area contributed by atoms with Gasteiger partial charge in [-0.05, 0) is 19.8 Å². The Morgan fingerprint density at radius 3 is 2.73 bits per heavy atom. The van der Waals surface area contributed by atoms with Crippen LogP contribution in [0.5, 0.6) is 0 Å². The lowest BCUT2D eigenvalue weighted by molar-refractivity contribution is 0.386. The first kappa shape index (κ1) is 8.11. The summed E-state index contributed by atoms with van der Waals surface area (Å²) in [6.07, 6.45) is 2.97. The van der Waals surface area contributed by atoms with Gasteiger partial charge in [0, 0.05) is 0 Å². The van der Waals surface area contributed by atoms with Crippen LogP contribution in [-0.4, -0.2) is 5.16 Å². The van der Waals surface area contributed by atoms with Gasteiger partial charge >= 0.3 is 5.63 Å². The van der Waals surface area contributed by atoms with Crippen molar-refractivity contribution in [2.75, 3.05) is 0 Å². The Labute approximate surface area is 65.4 Å². The van der Waals surface area contributed by atoms with E-state index in [0.29, 0.717) is 0 Å². The van der Waals surface area contributed by atoms with E-state index in [-0.39, 0.29) is 5.63 Å². The van der Waals surface area contributed by atoms with Crippen molar-refractivity contribution < 1.29 is 4.52 Å². The van der Waals surface area contributed by atoms with E-state index in [1.807, 2.05) is 6.92 Å². The van der Waals surface area contributed by atoms with Gasteiger partial charge in [0.25, 0.3) is 0 Å². The Hall–Kier alpha value is -0.990. The van der Waals surface area contributed by atoms with Crippen LogP contribution in [0.4, 0.5) is 0 Å². The molecule has 0 atom stereocenters. The largest absolute Gasteiger partial charge is 0.360 e. The molecule has 0 radical (unpaired) electrons. The Kier molecular flexibility index (Phi) is 2.52. The van der Waals surface area contributed by atoms with E-state index in [9.17, 15) is 4.79 Å². The van der Waals surface area contributed by atoms with Crippen molar-refractivity contribution in [2.24, 2.45) is 0 Å². The first-order valence-electron chi connectivity index (χ1n) is 3.92. The first-order valence-corrected chi connectivity index (χ1v) is 3.92. The number of rotatable bonds is 3. The standard InChI is InChI=1S/C8H13NO2/c1-3-4-5-7-6(2)9-11-8(7)10/h9H,3-5H2,1-2H3. The van der Waals surface area contributed by atoms with Gasteiger partial charge < -0.3 is 4.52 Å². The molecule has 0 aliphatic carbocycles. The van der Waals surface area contributed by atoms with Crippen LogP contribution < -0.4 is 5.63 Å². The average Bonchev–Trinajstić information content (AvgIpc) is 2.29. The fourth-order valence-corrected chi connectivity index (χ4v) is 1.04. The zero-order chi connectivity index (χ0) is 8.27. The van der Waals surface area contributed by atoms with Gasteiger partial charge in [-0.3, -0.25) is 0 Å². The van der Waals surface area contributed by atoms with E-state index in [1.165, 1.54) is 0 Å². The third kappa shape index (κ3) is 1.73. The fourth-order valence-electron chi connectivity index (χ4n) is 1.04. The summed E-state index contributed by atoms with van der Waals surface area (Å²) in [4.78, 5) is 10.9. The number of hydrogen-bond acceptors (Lipinski definition) is 2. The lowest BCUT2D eigenvalue weighted by Crippen LogP contribution is -2.02. The molecule has 0 unspecified atom stereocenters. The van der Waals surface area contributed by atoms with Gasteiger partial charge in [0.15, 0.2) is 0 Å². The molecule has 1 aromatic rings. The molecule has 1 aromatic heterocycles. The second kappa shape index (κ2) is 3.42. The Morgan fingerprint density at radius 2 is 2.27 bits per heavy atom. The summed E-state index contributed by atoms with van der Waals surface area (Å²) < 4.78 is 4.61. The van der Waals surface area contributed by atoms with Crippen molar-refractivity contribution in [2.45, 2.75) is 33.1 Å². The van der Waals surface area contributed by atoms with Crippen LogP contribution in [0.2, 0.25) is 0 Å². The zero-order valence-corrected chi connectivity index (χ0v) is 6.94. The van der Waals surface area contributed by atoms with E-state index in [4.69, 9.17) is 0 Å². The van der Waals surface area contributed by atoms with Crippen molar-refractivity contribution in [3.8, 4) is 0 Å². The molecule has 0 aliphatic rings. The Morgan fingerprint density at radius 1 is 1.55 bits per heavy atom. The predicted octanol–water partition coefficient (Wildman–Crippen LogP) is 1.62. The minimum absolute atomic E-state index is 0.212. The minimum atomic E-state index is -0.212. The summed E-state index contributed by atoms with van der Waals surface area (Å²) >= 11 is 0. The van der Waals surface area contributed by atoms with Crippen molar-refractivity contribution in [1.82, 2.24) is 5.16 Å². The molecule has 0 bridgehead atoms. The van der Waals surface area contributed by atoms with Crippen molar-refractivity contribution >= 4 is 0 Å². The van der Waals surface area contributed by atoms with Crippen molar-refractivity contribution in [3.63, 3.8) is 0 Å². The quantitative estimate of drug-likeness (QED) is 0.720. The molecule has 0 spiro atoms. The lowest BCUT2D eigenvalue weighted by Gasteiger charge is -1.91. The molecule has 1 heterocycles. The van der Waals surface area contributed by atoms with Crippen LogP contribution in [0.3, 0.4) is 0 Å². The van der Waals surface area contributed by atoms with Gasteiger partial charge in [-0.2, -0.15) is 0 Å². The monoisotopic (exact) mass is 155 g/mol. The van der Waals surface area contributed by atoms with Gasteiger partial charge in [0.2, 0.25) is 0 Å². The number of aromatic amines is 1. The SMILES string of the molecule is CCCCc1c(C)[nH]oc1=O. The maximum atomic E-state index is 10.9. The number of unbranched alkanes of at least 4 members (excludes halogenated alkanes) is 1. The summed E-state index contributed by atoms with van der Waals surface area (Å²) in [7, 11) is 0. The molecule has 1 rings (SSSR count). The summed E-state index contributed by atoms with van der Waals surface area (Å²) in [6, 6.07) is 0. The van der Waals surface area contributed by atoms with E-state index < -0.39 is 0 Å². The zero-order valence-electron chi connectivity index (χ0n) is 6.94. The molecule has 0 amide bonds. The number of H-pyrrole nitrogens is 1. The van der Waals surface area contributed by atoms with E-state index >= 15 is 0 Å². The van der Waals surface area contributed by atoms with Crippen LogP contribution in [-0.2, 0) is 6.42 Å². The van der Waals surface area contributed by atoms with Crippen LogP contribution >= 0.6 is 0 Å². The van der Waals surface area contributed by atoms with E-state index in [0.717, 1.165) is 30.5 Å². The van der Waals surface area contributed by atoms with Crippen LogP contribution in [0.1, 0.15) is 31.0 Å². The average molecular weight is 155 g/mol. The van der Waals surface area contributed by atoms with Crippen LogP contribution in [0, 0.1) is 6.92 Å². The smallest absolute Gasteiger partial charge is 0.339 e. The first-order chi connectivity index (χ1) is 5.25. The molecule has 3 nitrogen and oxygen atoms in total. The maximum Gasteiger partial charge on any atom is 0.360 e. The number of aromatic nitrogens is 1. The summed E-state index contributed by atoms with van der Waals surface area (Å²) in [5, 5.41) is 2.56. The topological polar surface area (TPSA) is 46.0 Å². The third-order valence-corrected chi connectivity index (χ3v) is 1.78. The van der Waals surface area contributed by atoms with Gasteiger partial charge in [-0.25, -0.2) is 9.95 Å². The molecule has 0 fully saturated rings. The third-order valence-electron chi connectivity index (χ3n) is 1.78. The molecule has 0 aliphatic heterocycles. The van der Waals surface area contributed by atoms with Gasteiger partial charge in [-0.1, -0.05) is 13.3 Å². The molecular formula is C8H13NO2. The summed E-state index contributed by atoms with van der Waals surface area (Å²) in [5.74, 6) is 0. The molecule has 62 valence electrons. The number of aryl methyl sites for hydroxylation is 1. The van der Waals surface area contributed by atoms with Gasteiger partial charge in [0.1, 0.15) is 0 Å². The van der Waals surface area contributed by atoms with Gasteiger partial charge in [0.05, 0.1) is 11.3 Å². The summed E-state index contributed by atoms with van der Waals surface area (Å²) in [5.41, 5.74) is 1.45. The van der Waals surface area contributed by atoms with Gasteiger partial charge in [-0.15, -0.1) is 0 Å². The van der Waals surface area contributed by atoms with Crippen molar-refractivity contribution in [3.05, 3.63) is 21.7 Å². The normalized spacial score (nSPS) is 10.4. The highest BCUT2D eigenvalue weighted by molar-refractivity contribution is 5.12. The molecule has 0 saturated carbocycles. The van der Waals surface area contributed by atoms with Crippen LogP contribution in [0.15, 0.2) is 9.32 Å². The predicted molar refractivity (Wildman–Crippen MR) is 42.7 cm³/mol. The highest BCUT2D eigenvalue weighted by Gasteiger charge is 2.05. The minimum Gasteiger partial charge on any atom is -0.339 e. The van der Waals surface area contributed by atoms with E-state index in [1.54, 1.807) is 0 Å². The molecule has 3 heteroatoms. The lowest BCUT2D eigenvalue weighted by atomic mass is 10.1. The second-order valence-corrected chi connectivity index (χ2v) is 2.70. The maximum absolute atomic E-state index is 10.9. The Bertz CT molecular complexity index is 272. The fraction of sp³-hybridized carbons (Fsp3) is 0.625. The number of nitrogens with one attached hydrogen (secondary N) is 1. The molecule has 0 aromatic carbocycles. The second-order valence-electron chi connectivity index (χ2n) is 2.70. The molecular weight excluding hydrogens is 142 g/mol. The molecule has 0 saturated heterocycles. The van der Waals surface area contributed by atoms with Crippen LogP contribution in [0.25, 0.3) is 0 Å². The van der Waals surface area contributed by atoms with Crippen molar-refractivity contribution in [1.29, 1.82) is 0 Å². The Balaban J connectivity index is 2.75. The highest BCUT2D eigenvalue weighted by atomic mass is 16.5.